The average Bonchev–Trinajstić information content (AvgIpc) is 1.87. The van der Waals surface area contributed by atoms with E-state index in [4.69, 9.17) is 0 Å². The molecule has 0 heterocycles. The van der Waals surface area contributed by atoms with E-state index in [2.05, 4.69) is 13.8 Å². The Kier molecular flexibility index (Phi) is 4.63. The minimum atomic E-state index is -1.11. The summed E-state index contributed by atoms with van der Waals surface area (Å²) in [4.78, 5) is 9.87. The molecule has 1 unspecified atom stereocenters. The van der Waals surface area contributed by atoms with E-state index >= 15 is 0 Å². The maximum atomic E-state index is 9.87. The molecule has 0 bridgehead atoms. The number of hydrogen-bond acceptors (Lipinski definition) is 2. The van der Waals surface area contributed by atoms with Gasteiger partial charge in [-0.05, 0) is 18.4 Å². The summed E-state index contributed by atoms with van der Waals surface area (Å²) in [5.74, 6) is -0.543. The lowest BCUT2D eigenvalue weighted by Crippen LogP contribution is -2.18. The molecule has 0 aromatic rings. The second kappa shape index (κ2) is 5.03. The molecule has 0 radical (unpaired) electrons. The second-order valence-electron chi connectivity index (χ2n) is 2.47. The molecular formula is C8H13O2-. The maximum Gasteiger partial charge on any atom is 0.0639 e. The number of rotatable bonds is 4. The van der Waals surface area contributed by atoms with Gasteiger partial charge in [-0.25, -0.2) is 0 Å². The van der Waals surface area contributed by atoms with E-state index in [9.17, 15) is 9.90 Å². The van der Waals surface area contributed by atoms with Crippen molar-refractivity contribution in [2.45, 2.75) is 26.7 Å². The van der Waals surface area contributed by atoms with Gasteiger partial charge < -0.3 is 9.90 Å². The number of carboxylic acid groups (broad SMARTS) is 1. The zero-order valence-corrected chi connectivity index (χ0v) is 6.46. The predicted octanol–water partition coefficient (Wildman–Crippen LogP) is 0.729. The third-order valence-electron chi connectivity index (χ3n) is 1.49. The molecule has 0 fully saturated rings. The van der Waals surface area contributed by atoms with Crippen LogP contribution in [0.2, 0.25) is 0 Å². The van der Waals surface area contributed by atoms with Gasteiger partial charge in [0.05, 0.1) is 5.97 Å². The lowest BCUT2D eigenvalue weighted by Gasteiger charge is -2.01. The van der Waals surface area contributed by atoms with Crippen molar-refractivity contribution in [3.8, 4) is 0 Å². The molecule has 10 heavy (non-hydrogen) atoms. The largest absolute Gasteiger partial charge is 0.545 e. The summed E-state index contributed by atoms with van der Waals surface area (Å²) in [6, 6.07) is 0. The molecule has 0 N–H and O–H groups in total. The van der Waals surface area contributed by atoms with E-state index in [0.717, 1.165) is 18.9 Å². The van der Waals surface area contributed by atoms with Crippen LogP contribution in [0.3, 0.4) is 0 Å². The minimum Gasteiger partial charge on any atom is -0.545 e. The van der Waals surface area contributed by atoms with Crippen LogP contribution in [0.25, 0.3) is 0 Å². The Bertz CT molecular complexity index is 127. The van der Waals surface area contributed by atoms with Gasteiger partial charge in [-0.3, -0.25) is 0 Å². The topological polar surface area (TPSA) is 40.1 Å². The first kappa shape index (κ1) is 9.21. The zero-order chi connectivity index (χ0) is 7.98. The third-order valence-corrected chi connectivity index (χ3v) is 1.49. The monoisotopic (exact) mass is 141 g/mol. The second-order valence-corrected chi connectivity index (χ2v) is 2.47. The van der Waals surface area contributed by atoms with Gasteiger partial charge in [0.1, 0.15) is 0 Å². The Hall–Kier alpha value is -0.790. The number of carbonyl (C=O) groups excluding carboxylic acids is 1. The molecule has 0 aromatic heterocycles. The van der Waals surface area contributed by atoms with Crippen molar-refractivity contribution in [3.63, 3.8) is 0 Å². The quantitative estimate of drug-likeness (QED) is 0.541. The Balaban J connectivity index is 3.43. The van der Waals surface area contributed by atoms with Gasteiger partial charge in [-0.1, -0.05) is 26.3 Å². The number of carboxylic acids is 1. The molecule has 0 aliphatic heterocycles. The van der Waals surface area contributed by atoms with Crippen LogP contribution in [-0.2, 0) is 4.79 Å². The van der Waals surface area contributed by atoms with Crippen LogP contribution in [-0.4, -0.2) is 5.97 Å². The summed E-state index contributed by atoms with van der Waals surface area (Å²) >= 11 is 0. The van der Waals surface area contributed by atoms with Crippen LogP contribution >= 0.6 is 0 Å². The SMILES string of the molecule is CCC(C)C/C=C/C(=O)[O-]. The highest BCUT2D eigenvalue weighted by Gasteiger charge is 1.92. The summed E-state index contributed by atoms with van der Waals surface area (Å²) in [7, 11) is 0. The van der Waals surface area contributed by atoms with Gasteiger partial charge in [0.15, 0.2) is 0 Å². The first-order valence-electron chi connectivity index (χ1n) is 3.54. The Labute approximate surface area is 61.6 Å². The molecule has 0 spiro atoms. The van der Waals surface area contributed by atoms with Crippen molar-refractivity contribution < 1.29 is 9.90 Å². The number of carbonyl (C=O) groups is 1. The summed E-state index contributed by atoms with van der Waals surface area (Å²) in [5.41, 5.74) is 0. The van der Waals surface area contributed by atoms with E-state index in [1.54, 1.807) is 6.08 Å². The van der Waals surface area contributed by atoms with Crippen molar-refractivity contribution in [1.29, 1.82) is 0 Å². The van der Waals surface area contributed by atoms with Crippen molar-refractivity contribution in [2.24, 2.45) is 5.92 Å². The molecule has 0 saturated heterocycles. The van der Waals surface area contributed by atoms with Crippen LogP contribution in [0.5, 0.6) is 0 Å². The van der Waals surface area contributed by atoms with E-state index < -0.39 is 5.97 Å². The highest BCUT2D eigenvalue weighted by molar-refractivity contribution is 5.77. The van der Waals surface area contributed by atoms with Crippen molar-refractivity contribution >= 4 is 5.97 Å². The lowest BCUT2D eigenvalue weighted by molar-refractivity contribution is -0.297. The highest BCUT2D eigenvalue weighted by atomic mass is 16.4. The summed E-state index contributed by atoms with van der Waals surface area (Å²) in [6.07, 6.45) is 4.64. The maximum absolute atomic E-state index is 9.87. The van der Waals surface area contributed by atoms with Crippen LogP contribution in [0.1, 0.15) is 26.7 Å². The molecule has 0 saturated carbocycles. The molecule has 0 aliphatic rings. The summed E-state index contributed by atoms with van der Waals surface area (Å²) in [5, 5.41) is 9.87. The van der Waals surface area contributed by atoms with E-state index in [-0.39, 0.29) is 0 Å². The van der Waals surface area contributed by atoms with E-state index in [1.165, 1.54) is 0 Å². The molecule has 0 amide bonds. The van der Waals surface area contributed by atoms with Crippen molar-refractivity contribution in [2.75, 3.05) is 0 Å². The zero-order valence-electron chi connectivity index (χ0n) is 6.46. The Morgan fingerprint density at radius 1 is 1.70 bits per heavy atom. The number of allylic oxidation sites excluding steroid dienone is 1. The first-order chi connectivity index (χ1) is 4.66. The van der Waals surface area contributed by atoms with Crippen molar-refractivity contribution in [1.82, 2.24) is 0 Å². The number of aliphatic carboxylic acids is 1. The fourth-order valence-electron chi connectivity index (χ4n) is 0.563. The van der Waals surface area contributed by atoms with Crippen LogP contribution < -0.4 is 5.11 Å². The predicted molar refractivity (Wildman–Crippen MR) is 38.2 cm³/mol. The van der Waals surface area contributed by atoms with E-state index in [0.29, 0.717) is 5.92 Å². The molecule has 1 atom stereocenters. The van der Waals surface area contributed by atoms with Gasteiger partial charge in [-0.2, -0.15) is 0 Å². The standard InChI is InChI=1S/C8H14O2/c1-3-7(2)5-4-6-8(9)10/h4,6-7H,3,5H2,1-2H3,(H,9,10)/p-1/b6-4+. The lowest BCUT2D eigenvalue weighted by atomic mass is 10.1. The molecule has 0 aliphatic carbocycles. The fourth-order valence-corrected chi connectivity index (χ4v) is 0.563. The molecule has 0 rings (SSSR count). The third kappa shape index (κ3) is 5.35. The van der Waals surface area contributed by atoms with Crippen LogP contribution in [0.15, 0.2) is 12.2 Å². The van der Waals surface area contributed by atoms with Gasteiger partial charge >= 0.3 is 0 Å². The van der Waals surface area contributed by atoms with Gasteiger partial charge in [-0.15, -0.1) is 0 Å². The van der Waals surface area contributed by atoms with Gasteiger partial charge in [0.25, 0.3) is 0 Å². The van der Waals surface area contributed by atoms with Crippen molar-refractivity contribution in [3.05, 3.63) is 12.2 Å². The fraction of sp³-hybridized carbons (Fsp3) is 0.625. The van der Waals surface area contributed by atoms with Gasteiger partial charge in [0.2, 0.25) is 0 Å². The molecule has 2 heteroatoms. The minimum absolute atomic E-state index is 0.565. The smallest absolute Gasteiger partial charge is 0.0639 e. The summed E-state index contributed by atoms with van der Waals surface area (Å²) in [6.45, 7) is 4.16. The first-order valence-corrected chi connectivity index (χ1v) is 3.54. The van der Waals surface area contributed by atoms with E-state index in [1.807, 2.05) is 0 Å². The molecule has 58 valence electrons. The highest BCUT2D eigenvalue weighted by Crippen LogP contribution is 2.05. The molecular weight excluding hydrogens is 128 g/mol. The molecule has 0 aromatic carbocycles. The van der Waals surface area contributed by atoms with Crippen LogP contribution in [0, 0.1) is 5.92 Å². The molecule has 2 nitrogen and oxygen atoms in total. The van der Waals surface area contributed by atoms with Crippen LogP contribution in [0.4, 0.5) is 0 Å². The normalized spacial score (nSPS) is 13.8. The average molecular weight is 141 g/mol. The Morgan fingerprint density at radius 3 is 2.70 bits per heavy atom. The Morgan fingerprint density at radius 2 is 2.30 bits per heavy atom. The van der Waals surface area contributed by atoms with Gasteiger partial charge in [0, 0.05) is 0 Å². The number of hydrogen-bond donors (Lipinski definition) is 0. The summed E-state index contributed by atoms with van der Waals surface area (Å²) < 4.78 is 0.